The fourth-order valence-corrected chi connectivity index (χ4v) is 8.56. The third-order valence-electron chi connectivity index (χ3n) is 2.49. The van der Waals surface area contributed by atoms with Crippen molar-refractivity contribution in [2.45, 2.75) is 9.42 Å². The second kappa shape index (κ2) is 7.98. The molecule has 1 N–H and O–H groups in total. The van der Waals surface area contributed by atoms with Crippen molar-refractivity contribution in [1.82, 2.24) is 18.6 Å². The maximum Gasteiger partial charge on any atom is 0.499 e. The molecule has 16 heteroatoms. The summed E-state index contributed by atoms with van der Waals surface area (Å²) >= 11 is 0. The van der Waals surface area contributed by atoms with Gasteiger partial charge in [-0.15, -0.1) is 0 Å². The van der Waals surface area contributed by atoms with Crippen molar-refractivity contribution in [3.63, 3.8) is 0 Å². The SMILES string of the molecule is CN(C)S(=O)(=O)C(S(=O)(=O)N(C)C)S(=O)(=O)C(F)(F)F.c1c[nH]cn1. The number of halogens is 3. The van der Waals surface area contributed by atoms with E-state index in [1.54, 1.807) is 18.7 Å². The summed E-state index contributed by atoms with van der Waals surface area (Å²) in [5, 5.41) is 0. The van der Waals surface area contributed by atoms with Crippen molar-refractivity contribution in [3.05, 3.63) is 18.7 Å². The van der Waals surface area contributed by atoms with Gasteiger partial charge in [0.15, 0.2) is 0 Å². The van der Waals surface area contributed by atoms with Crippen LogP contribution in [0.5, 0.6) is 0 Å². The van der Waals surface area contributed by atoms with Crippen LogP contribution in [0.25, 0.3) is 0 Å². The number of rotatable bonds is 5. The van der Waals surface area contributed by atoms with E-state index in [-0.39, 0.29) is 8.61 Å². The Labute approximate surface area is 143 Å². The van der Waals surface area contributed by atoms with Gasteiger partial charge in [0, 0.05) is 40.6 Å². The van der Waals surface area contributed by atoms with Gasteiger partial charge in [0.25, 0.3) is 13.8 Å². The number of aromatic amines is 1. The molecule has 148 valence electrons. The third kappa shape index (κ3) is 5.37. The molecule has 0 radical (unpaired) electrons. The molecule has 0 aliphatic heterocycles. The lowest BCUT2D eigenvalue weighted by Crippen LogP contribution is -2.52. The van der Waals surface area contributed by atoms with Gasteiger partial charge >= 0.3 is 5.51 Å². The first-order valence-corrected chi connectivity index (χ1v) is 10.6. The van der Waals surface area contributed by atoms with Crippen LogP contribution in [0.3, 0.4) is 0 Å². The molecule has 0 saturated carbocycles. The normalized spacial score (nSPS) is 13.8. The number of sulfone groups is 1. The maximum atomic E-state index is 12.5. The Balaban J connectivity index is 0.000000972. The minimum absolute atomic E-state index is 0.0992. The monoisotopic (exact) mass is 430 g/mol. The Morgan fingerprint density at radius 2 is 1.32 bits per heavy atom. The number of nitrogens with zero attached hydrogens (tertiary/aromatic N) is 3. The number of hydrogen-bond donors (Lipinski definition) is 1. The number of aromatic nitrogens is 2. The van der Waals surface area contributed by atoms with Crippen LogP contribution < -0.4 is 0 Å². The van der Waals surface area contributed by atoms with E-state index in [1.807, 2.05) is 0 Å². The number of sulfonamides is 2. The molecule has 1 aromatic heterocycles. The maximum absolute atomic E-state index is 12.5. The van der Waals surface area contributed by atoms with Crippen molar-refractivity contribution in [3.8, 4) is 0 Å². The van der Waals surface area contributed by atoms with Crippen molar-refractivity contribution in [2.75, 3.05) is 28.2 Å². The molecule has 0 aromatic carbocycles. The third-order valence-corrected chi connectivity index (χ3v) is 11.1. The van der Waals surface area contributed by atoms with Crippen molar-refractivity contribution < 1.29 is 38.4 Å². The van der Waals surface area contributed by atoms with E-state index in [9.17, 15) is 38.4 Å². The number of nitrogens with one attached hydrogen (secondary N) is 1. The van der Waals surface area contributed by atoms with E-state index in [0.29, 0.717) is 0 Å². The smallest absolute Gasteiger partial charge is 0.351 e. The molecule has 0 aliphatic carbocycles. The Kier molecular flexibility index (Phi) is 7.59. The second-order valence-corrected chi connectivity index (χ2v) is 12.1. The van der Waals surface area contributed by atoms with E-state index >= 15 is 0 Å². The number of imidazole rings is 1. The lowest BCUT2D eigenvalue weighted by atomic mass is 11.0. The summed E-state index contributed by atoms with van der Waals surface area (Å²) in [7, 11) is -14.2. The second-order valence-electron chi connectivity index (χ2n) is 4.69. The summed E-state index contributed by atoms with van der Waals surface area (Å²) in [6, 6.07) is 0. The van der Waals surface area contributed by atoms with Gasteiger partial charge < -0.3 is 4.98 Å². The van der Waals surface area contributed by atoms with Crippen molar-refractivity contribution >= 4 is 29.9 Å². The van der Waals surface area contributed by atoms with E-state index < -0.39 is 39.3 Å². The minimum Gasteiger partial charge on any atom is -0.351 e. The van der Waals surface area contributed by atoms with Gasteiger partial charge in [-0.2, -0.15) is 13.2 Å². The van der Waals surface area contributed by atoms with Crippen LogP contribution in [0.2, 0.25) is 0 Å². The van der Waals surface area contributed by atoms with Crippen molar-refractivity contribution in [2.24, 2.45) is 0 Å². The molecular weight excluding hydrogens is 413 g/mol. The highest BCUT2D eigenvalue weighted by Crippen LogP contribution is 2.33. The van der Waals surface area contributed by atoms with E-state index in [0.717, 1.165) is 28.2 Å². The predicted octanol–water partition coefficient (Wildman–Crippen LogP) is -0.603. The summed E-state index contributed by atoms with van der Waals surface area (Å²) in [5.41, 5.74) is -6.04. The van der Waals surface area contributed by atoms with Gasteiger partial charge in [-0.05, 0) is 0 Å². The average Bonchev–Trinajstić information content (AvgIpc) is 2.94. The van der Waals surface area contributed by atoms with Gasteiger partial charge in [0.2, 0.25) is 20.0 Å². The molecule has 0 unspecified atom stereocenters. The van der Waals surface area contributed by atoms with Gasteiger partial charge in [-0.1, -0.05) is 0 Å². The standard InChI is InChI=1S/C6H13F3N2O6S3.C3H4N2/c1-10(2)19(14,15)5(20(16,17)11(3)4)18(12,13)6(7,8)9;1-2-5-3-4-1/h5H,1-4H3;1-3H,(H,4,5). The molecule has 1 aromatic rings. The molecule has 0 spiro atoms. The minimum atomic E-state index is -6.50. The summed E-state index contributed by atoms with van der Waals surface area (Å²) in [4.78, 5) is 6.42. The molecule has 10 nitrogen and oxygen atoms in total. The fraction of sp³-hybridized carbons (Fsp3) is 0.667. The van der Waals surface area contributed by atoms with Crippen LogP contribution in [0.15, 0.2) is 18.7 Å². The van der Waals surface area contributed by atoms with Gasteiger partial charge in [-0.25, -0.2) is 38.8 Å². The zero-order chi connectivity index (χ0) is 20.3. The Morgan fingerprint density at radius 1 is 0.920 bits per heavy atom. The average molecular weight is 430 g/mol. The quantitative estimate of drug-likeness (QED) is 0.658. The molecule has 0 saturated heterocycles. The topological polar surface area (TPSA) is 138 Å². The largest absolute Gasteiger partial charge is 0.499 e. The summed E-state index contributed by atoms with van der Waals surface area (Å²) in [5.74, 6) is 0. The first-order chi connectivity index (χ1) is 11.0. The Morgan fingerprint density at radius 3 is 1.48 bits per heavy atom. The molecule has 0 amide bonds. The van der Waals surface area contributed by atoms with Crippen LogP contribution in [0.4, 0.5) is 13.2 Å². The molecule has 0 aliphatic rings. The first kappa shape index (κ1) is 23.8. The van der Waals surface area contributed by atoms with Crippen LogP contribution >= 0.6 is 0 Å². The molecule has 1 rings (SSSR count). The molecule has 0 atom stereocenters. The van der Waals surface area contributed by atoms with Crippen LogP contribution in [-0.2, 0) is 29.9 Å². The molecule has 25 heavy (non-hydrogen) atoms. The summed E-state index contributed by atoms with van der Waals surface area (Å²) in [6.45, 7) is 0. The predicted molar refractivity (Wildman–Crippen MR) is 82.6 cm³/mol. The Bertz CT molecular complexity index is 790. The van der Waals surface area contributed by atoms with Gasteiger partial charge in [-0.3, -0.25) is 0 Å². The zero-order valence-corrected chi connectivity index (χ0v) is 15.9. The lowest BCUT2D eigenvalue weighted by Gasteiger charge is -2.25. The zero-order valence-electron chi connectivity index (χ0n) is 13.5. The highest BCUT2D eigenvalue weighted by atomic mass is 32.3. The highest BCUT2D eigenvalue weighted by Gasteiger charge is 2.62. The highest BCUT2D eigenvalue weighted by molar-refractivity contribution is 8.23. The molecule has 0 fully saturated rings. The van der Waals surface area contributed by atoms with Crippen LogP contribution in [-0.4, -0.2) is 81.4 Å². The number of H-pyrrole nitrogens is 1. The molecular formula is C9H17F3N4O6S3. The summed E-state index contributed by atoms with van der Waals surface area (Å²) < 4.78 is 104. The summed E-state index contributed by atoms with van der Waals surface area (Å²) in [6.07, 6.45) is 5.08. The van der Waals surface area contributed by atoms with Gasteiger partial charge in [0.05, 0.1) is 6.33 Å². The van der Waals surface area contributed by atoms with Crippen LogP contribution in [0, 0.1) is 0 Å². The Hall–Kier alpha value is -1.23. The van der Waals surface area contributed by atoms with Crippen molar-refractivity contribution in [1.29, 1.82) is 0 Å². The number of hydrogen-bond acceptors (Lipinski definition) is 7. The van der Waals surface area contributed by atoms with Crippen LogP contribution in [0.1, 0.15) is 0 Å². The fourth-order valence-electron chi connectivity index (χ4n) is 1.14. The molecule has 0 bridgehead atoms. The van der Waals surface area contributed by atoms with Gasteiger partial charge in [0.1, 0.15) is 0 Å². The lowest BCUT2D eigenvalue weighted by molar-refractivity contribution is -0.0434. The van der Waals surface area contributed by atoms with E-state index in [4.69, 9.17) is 0 Å². The first-order valence-electron chi connectivity index (χ1n) is 6.06. The molecule has 1 heterocycles. The van der Waals surface area contributed by atoms with E-state index in [2.05, 4.69) is 9.97 Å². The number of alkyl halides is 3. The van der Waals surface area contributed by atoms with E-state index in [1.165, 1.54) is 0 Å².